The molecule has 3 aromatic carbocycles. The van der Waals surface area contributed by atoms with Crippen LogP contribution in [-0.2, 0) is 18.3 Å². The summed E-state index contributed by atoms with van der Waals surface area (Å²) in [4.78, 5) is 0. The first-order chi connectivity index (χ1) is 18.5. The van der Waals surface area contributed by atoms with Crippen LogP contribution in [0.3, 0.4) is 0 Å². The number of hydrogen-bond acceptors (Lipinski definition) is 3. The molecule has 0 amide bonds. The molecule has 0 heterocycles. The smallest absolute Gasteiger partial charge is 0.119 e. The zero-order valence-electron chi connectivity index (χ0n) is 26.7. The average Bonchev–Trinajstić information content (AvgIpc) is 2.80. The molecule has 2 unspecified atom stereocenters. The van der Waals surface area contributed by atoms with E-state index in [0.29, 0.717) is 29.1 Å². The van der Waals surface area contributed by atoms with Gasteiger partial charge in [0.15, 0.2) is 0 Å². The van der Waals surface area contributed by atoms with Crippen molar-refractivity contribution in [3.05, 3.63) is 86.5 Å². The molecule has 40 heavy (non-hydrogen) atoms. The maximum Gasteiger partial charge on any atom is 0.119 e. The molecule has 0 aliphatic heterocycles. The number of aromatic hydroxyl groups is 3. The molecule has 3 aromatic rings. The Labute approximate surface area is 243 Å². The van der Waals surface area contributed by atoms with Crippen LogP contribution in [-0.4, -0.2) is 15.3 Å². The van der Waals surface area contributed by atoms with E-state index in [1.165, 1.54) is 16.7 Å². The minimum atomic E-state index is -0.200. The van der Waals surface area contributed by atoms with Crippen LogP contribution < -0.4 is 0 Å². The van der Waals surface area contributed by atoms with Crippen LogP contribution in [0.4, 0.5) is 0 Å². The van der Waals surface area contributed by atoms with Crippen LogP contribution in [0.2, 0.25) is 0 Å². The Kier molecular flexibility index (Phi) is 9.70. The van der Waals surface area contributed by atoms with Crippen molar-refractivity contribution in [1.82, 2.24) is 0 Å². The number of aryl methyl sites for hydroxylation is 3. The zero-order valence-corrected chi connectivity index (χ0v) is 26.7. The van der Waals surface area contributed by atoms with Crippen LogP contribution in [0.15, 0.2) is 36.4 Å². The lowest BCUT2D eigenvalue weighted by molar-refractivity contribution is 0.445. The van der Waals surface area contributed by atoms with E-state index < -0.39 is 0 Å². The number of hydrogen-bond donors (Lipinski definition) is 3. The predicted molar refractivity (Wildman–Crippen MR) is 169 cm³/mol. The molecule has 0 radical (unpaired) electrons. The van der Waals surface area contributed by atoms with Gasteiger partial charge in [-0.2, -0.15) is 0 Å². The zero-order chi connectivity index (χ0) is 30.1. The Balaban J connectivity index is 2.23. The molecular weight excluding hydrogens is 492 g/mol. The van der Waals surface area contributed by atoms with Crippen molar-refractivity contribution in [3.8, 4) is 17.2 Å². The maximum absolute atomic E-state index is 10.9. The van der Waals surface area contributed by atoms with Crippen molar-refractivity contribution in [1.29, 1.82) is 0 Å². The van der Waals surface area contributed by atoms with Gasteiger partial charge in [0.1, 0.15) is 17.2 Å². The fraction of sp³-hybridized carbons (Fsp3) is 0.514. The van der Waals surface area contributed by atoms with Crippen molar-refractivity contribution in [3.63, 3.8) is 0 Å². The van der Waals surface area contributed by atoms with Gasteiger partial charge >= 0.3 is 0 Å². The van der Waals surface area contributed by atoms with E-state index in [4.69, 9.17) is 0 Å². The largest absolute Gasteiger partial charge is 0.508 e. The molecule has 218 valence electrons. The van der Waals surface area contributed by atoms with Crippen molar-refractivity contribution in [2.45, 2.75) is 113 Å². The van der Waals surface area contributed by atoms with Crippen LogP contribution in [0.5, 0.6) is 17.2 Å². The van der Waals surface area contributed by atoms with Gasteiger partial charge < -0.3 is 15.3 Å². The maximum atomic E-state index is 10.9. The first kappa shape index (κ1) is 31.6. The molecule has 0 saturated carbocycles. The first-order valence-corrected chi connectivity index (χ1v) is 15.0. The molecule has 0 bridgehead atoms. The second-order valence-corrected chi connectivity index (χ2v) is 14.0. The Morgan fingerprint density at radius 3 is 1.43 bits per heavy atom. The molecule has 0 aromatic heterocycles. The minimum Gasteiger partial charge on any atom is -0.508 e. The molecular formula is C37H52O3. The molecule has 0 spiro atoms. The summed E-state index contributed by atoms with van der Waals surface area (Å²) in [5.41, 5.74) is 9.72. The van der Waals surface area contributed by atoms with Crippen molar-refractivity contribution >= 4 is 0 Å². The third-order valence-corrected chi connectivity index (χ3v) is 8.25. The van der Waals surface area contributed by atoms with Gasteiger partial charge in [-0.1, -0.05) is 73.6 Å². The van der Waals surface area contributed by atoms with Gasteiger partial charge in [0, 0.05) is 5.92 Å². The average molecular weight is 545 g/mol. The van der Waals surface area contributed by atoms with Gasteiger partial charge in [-0.15, -0.1) is 0 Å². The van der Waals surface area contributed by atoms with Gasteiger partial charge in [0.25, 0.3) is 0 Å². The SMILES string of the molecule is Cc1cc(O)c(CC(C)C)cc1C(C)CC(c1cc(CC(C)C)c(O)cc1C)c1cc(C(C)(C)C)c(O)cc1C. The van der Waals surface area contributed by atoms with Crippen LogP contribution in [0.1, 0.15) is 124 Å². The molecule has 3 heteroatoms. The second kappa shape index (κ2) is 12.3. The standard InChI is InChI=1S/C37H52O3/c1-21(2)12-27-18-29(24(6)15-34(27)38)23(5)14-32(30-19-28(13-22(3)4)35(39)16-25(30)7)31-20-33(37(9,10)11)36(40)17-26(31)8/h15-23,32,38-40H,12-14H2,1-11H3. The highest BCUT2D eigenvalue weighted by atomic mass is 16.3. The monoisotopic (exact) mass is 544 g/mol. The van der Waals surface area contributed by atoms with E-state index in [0.717, 1.165) is 52.6 Å². The summed E-state index contributed by atoms with van der Waals surface area (Å²) < 4.78 is 0. The lowest BCUT2D eigenvalue weighted by atomic mass is 9.75. The summed E-state index contributed by atoms with van der Waals surface area (Å²) in [6, 6.07) is 12.4. The molecule has 3 rings (SSSR count). The second-order valence-electron chi connectivity index (χ2n) is 14.0. The first-order valence-electron chi connectivity index (χ1n) is 15.0. The van der Waals surface area contributed by atoms with Gasteiger partial charge in [0.2, 0.25) is 0 Å². The van der Waals surface area contributed by atoms with Crippen molar-refractivity contribution in [2.75, 3.05) is 0 Å². The van der Waals surface area contributed by atoms with E-state index in [1.807, 2.05) is 18.2 Å². The highest BCUT2D eigenvalue weighted by Crippen LogP contribution is 2.44. The van der Waals surface area contributed by atoms with E-state index >= 15 is 0 Å². The fourth-order valence-corrected chi connectivity index (χ4v) is 6.21. The molecule has 3 N–H and O–H groups in total. The lowest BCUT2D eigenvalue weighted by Crippen LogP contribution is -2.15. The summed E-state index contributed by atoms with van der Waals surface area (Å²) in [6.45, 7) is 23.7. The summed E-state index contributed by atoms with van der Waals surface area (Å²) >= 11 is 0. The van der Waals surface area contributed by atoms with Gasteiger partial charge in [-0.25, -0.2) is 0 Å². The molecule has 2 atom stereocenters. The molecule has 0 fully saturated rings. The topological polar surface area (TPSA) is 60.7 Å². The predicted octanol–water partition coefficient (Wildman–Crippen LogP) is 9.75. The van der Waals surface area contributed by atoms with E-state index in [9.17, 15) is 15.3 Å². The van der Waals surface area contributed by atoms with Gasteiger partial charge in [-0.3, -0.25) is 0 Å². The van der Waals surface area contributed by atoms with Crippen molar-refractivity contribution in [2.24, 2.45) is 11.8 Å². The molecule has 3 nitrogen and oxygen atoms in total. The fourth-order valence-electron chi connectivity index (χ4n) is 6.21. The molecule has 0 aliphatic rings. The number of benzene rings is 3. The normalized spacial score (nSPS) is 13.7. The number of rotatable bonds is 9. The number of phenols is 3. The third-order valence-electron chi connectivity index (χ3n) is 8.25. The van der Waals surface area contributed by atoms with Gasteiger partial charge in [-0.05, 0) is 131 Å². The molecule has 0 aliphatic carbocycles. The van der Waals surface area contributed by atoms with E-state index in [-0.39, 0.29) is 17.3 Å². The highest BCUT2D eigenvalue weighted by Gasteiger charge is 2.28. The Morgan fingerprint density at radius 1 is 0.575 bits per heavy atom. The van der Waals surface area contributed by atoms with Crippen molar-refractivity contribution < 1.29 is 15.3 Å². The Hall–Kier alpha value is -2.94. The summed E-state index contributed by atoms with van der Waals surface area (Å²) in [5.74, 6) is 2.29. The summed E-state index contributed by atoms with van der Waals surface area (Å²) in [6.07, 6.45) is 2.53. The quantitative estimate of drug-likeness (QED) is 0.251. The third kappa shape index (κ3) is 7.22. The lowest BCUT2D eigenvalue weighted by Gasteiger charge is -2.30. The highest BCUT2D eigenvalue weighted by molar-refractivity contribution is 5.52. The summed E-state index contributed by atoms with van der Waals surface area (Å²) in [5, 5.41) is 32.4. The summed E-state index contributed by atoms with van der Waals surface area (Å²) in [7, 11) is 0. The van der Waals surface area contributed by atoms with E-state index in [2.05, 4.69) is 94.4 Å². The minimum absolute atomic E-state index is 0.0740. The molecule has 0 saturated heterocycles. The Morgan fingerprint density at radius 2 is 0.975 bits per heavy atom. The number of phenolic OH excluding ortho intramolecular Hbond substituents is 3. The van der Waals surface area contributed by atoms with Gasteiger partial charge in [0.05, 0.1) is 0 Å². The Bertz CT molecular complexity index is 1340. The van der Waals surface area contributed by atoms with Crippen LogP contribution in [0.25, 0.3) is 0 Å². The van der Waals surface area contributed by atoms with Crippen LogP contribution in [0, 0.1) is 32.6 Å². The van der Waals surface area contributed by atoms with E-state index in [1.54, 1.807) is 0 Å². The van der Waals surface area contributed by atoms with Crippen LogP contribution >= 0.6 is 0 Å².